The van der Waals surface area contributed by atoms with Gasteiger partial charge in [0.25, 0.3) is 0 Å². The molecule has 3 aromatic heterocycles. The second-order valence-corrected chi connectivity index (χ2v) is 9.79. The van der Waals surface area contributed by atoms with E-state index < -0.39 is 0 Å². The quantitative estimate of drug-likeness (QED) is 0.164. The molecule has 1 radical (unpaired) electrons. The van der Waals surface area contributed by atoms with Gasteiger partial charge in [-0.25, -0.2) is 29.9 Å². The van der Waals surface area contributed by atoms with E-state index in [0.29, 0.717) is 45.9 Å². The van der Waals surface area contributed by atoms with Crippen molar-refractivity contribution in [3.8, 4) is 45.6 Å². The van der Waals surface area contributed by atoms with Gasteiger partial charge in [0.15, 0.2) is 23.3 Å². The van der Waals surface area contributed by atoms with Gasteiger partial charge in [0.2, 0.25) is 0 Å². The van der Waals surface area contributed by atoms with Crippen molar-refractivity contribution in [3.63, 3.8) is 0 Å². The fourth-order valence-corrected chi connectivity index (χ4v) is 5.59. The SMILES string of the molecule is Br.[Cu].c1ccc2c(c1)-c1nc-2nc2[nH]c(nc3nc(nc4[nH]c(n1)c1ccccc41)-c1ccccc1-3)c1ccccc21. The molecule has 42 heavy (non-hydrogen) atoms. The van der Waals surface area contributed by atoms with Crippen LogP contribution in [0.3, 0.4) is 0 Å². The largest absolute Gasteiger partial charge is 0.324 e. The Bertz CT molecular complexity index is 2040. The number of nitrogens with zero attached hydrogens (tertiary/aromatic N) is 6. The Morgan fingerprint density at radius 1 is 0.333 bits per heavy atom. The number of rotatable bonds is 0. The van der Waals surface area contributed by atoms with Crippen molar-refractivity contribution in [2.24, 2.45) is 0 Å². The summed E-state index contributed by atoms with van der Waals surface area (Å²) in [6.07, 6.45) is 0. The molecule has 0 spiro atoms. The van der Waals surface area contributed by atoms with E-state index in [4.69, 9.17) is 29.9 Å². The van der Waals surface area contributed by atoms with Crippen molar-refractivity contribution >= 4 is 61.1 Å². The van der Waals surface area contributed by atoms with Gasteiger partial charge in [0.1, 0.15) is 22.6 Å². The summed E-state index contributed by atoms with van der Waals surface area (Å²) < 4.78 is 0. The van der Waals surface area contributed by atoms with Crippen LogP contribution in [0, 0.1) is 0 Å². The first-order chi connectivity index (χ1) is 19.8. The molecule has 205 valence electrons. The summed E-state index contributed by atoms with van der Waals surface area (Å²) in [5, 5.41) is 3.82. The number of aromatic nitrogens is 8. The molecule has 7 aromatic rings. The zero-order valence-electron chi connectivity index (χ0n) is 21.6. The summed E-state index contributed by atoms with van der Waals surface area (Å²) in [5.41, 5.74) is 6.45. The first-order valence-electron chi connectivity index (χ1n) is 13.0. The third kappa shape index (κ3) is 3.88. The molecular weight excluding hydrogens is 640 g/mol. The molecule has 0 unspecified atom stereocenters. The van der Waals surface area contributed by atoms with Crippen LogP contribution in [-0.4, -0.2) is 39.9 Å². The number of aromatic amines is 2. The van der Waals surface area contributed by atoms with Crippen LogP contribution in [0.4, 0.5) is 0 Å². The molecule has 0 amide bonds. The first-order valence-corrected chi connectivity index (χ1v) is 13.0. The number of nitrogens with one attached hydrogen (secondary N) is 2. The van der Waals surface area contributed by atoms with Crippen LogP contribution in [0.2, 0.25) is 0 Å². The predicted octanol–water partition coefficient (Wildman–Crippen LogP) is 7.44. The number of benzene rings is 4. The Hall–Kier alpha value is -4.76. The molecule has 4 aromatic carbocycles. The molecule has 2 aliphatic rings. The summed E-state index contributed by atoms with van der Waals surface area (Å²) in [5.74, 6) is 2.39. The molecule has 0 saturated carbocycles. The standard InChI is InChI=1S/C32H18N8.BrH.Cu/c1-2-10-18-17(9-1)25-33-26(18)38-28-21-13-5-6-14-22(21)30(35-28)40-32-24-16-8-7-15-23(24)31(36-32)39-29-20-12-4-3-11-19(20)27(34-29)37-25;;/h1-16H,(H2,33,34,35,36,37,38,39,40);1H;. The van der Waals surface area contributed by atoms with E-state index in [9.17, 15) is 0 Å². The maximum absolute atomic E-state index is 5.02. The molecular formula is C32H19BrCuN8. The average molecular weight is 659 g/mol. The Labute approximate surface area is 259 Å². The van der Waals surface area contributed by atoms with Crippen molar-refractivity contribution < 1.29 is 17.1 Å². The molecule has 8 bridgehead atoms. The summed E-state index contributed by atoms with van der Waals surface area (Å²) in [6.45, 7) is 0. The minimum absolute atomic E-state index is 0. The minimum Gasteiger partial charge on any atom is -0.324 e. The van der Waals surface area contributed by atoms with Crippen molar-refractivity contribution in [2.75, 3.05) is 0 Å². The van der Waals surface area contributed by atoms with Crippen LogP contribution in [-0.2, 0) is 17.1 Å². The van der Waals surface area contributed by atoms with Gasteiger partial charge in [0.05, 0.1) is 0 Å². The number of H-pyrrole nitrogens is 2. The second kappa shape index (κ2) is 9.95. The van der Waals surface area contributed by atoms with E-state index >= 15 is 0 Å². The van der Waals surface area contributed by atoms with Crippen molar-refractivity contribution in [3.05, 3.63) is 97.1 Å². The normalized spacial score (nSPS) is 11.4. The van der Waals surface area contributed by atoms with E-state index in [1.807, 2.05) is 97.1 Å². The number of fused-ring (bicyclic) bond motifs is 20. The molecule has 8 nitrogen and oxygen atoms in total. The summed E-state index contributed by atoms with van der Waals surface area (Å²) in [7, 11) is 0. The summed E-state index contributed by atoms with van der Waals surface area (Å²) >= 11 is 0. The molecule has 0 atom stereocenters. The van der Waals surface area contributed by atoms with E-state index in [0.717, 1.165) is 43.8 Å². The fraction of sp³-hybridized carbons (Fsp3) is 0. The molecule has 0 aliphatic carbocycles. The van der Waals surface area contributed by atoms with Gasteiger partial charge in [-0.15, -0.1) is 17.0 Å². The number of halogens is 1. The first kappa shape index (κ1) is 26.2. The van der Waals surface area contributed by atoms with E-state index in [2.05, 4.69) is 9.97 Å². The molecule has 0 fully saturated rings. The molecule has 9 rings (SSSR count). The molecule has 2 aliphatic heterocycles. The van der Waals surface area contributed by atoms with Gasteiger partial charge in [0, 0.05) is 60.9 Å². The third-order valence-corrected chi connectivity index (χ3v) is 7.46. The van der Waals surface area contributed by atoms with Gasteiger partial charge in [-0.05, 0) is 0 Å². The Kier molecular flexibility index (Phi) is 6.20. The van der Waals surface area contributed by atoms with Gasteiger partial charge in [-0.1, -0.05) is 97.1 Å². The summed E-state index contributed by atoms with van der Waals surface area (Å²) in [6, 6.07) is 32.2. The van der Waals surface area contributed by atoms with Crippen LogP contribution in [0.25, 0.3) is 89.7 Å². The number of hydrogen-bond acceptors (Lipinski definition) is 6. The predicted molar refractivity (Wildman–Crippen MR) is 166 cm³/mol. The Morgan fingerprint density at radius 3 is 0.833 bits per heavy atom. The minimum atomic E-state index is 0. The average Bonchev–Trinajstić information content (AvgIpc) is 3.73. The fourth-order valence-electron chi connectivity index (χ4n) is 5.59. The van der Waals surface area contributed by atoms with Crippen molar-refractivity contribution in [1.82, 2.24) is 39.9 Å². The topological polar surface area (TPSA) is 109 Å². The molecule has 2 N–H and O–H groups in total. The van der Waals surface area contributed by atoms with Crippen LogP contribution < -0.4 is 0 Å². The van der Waals surface area contributed by atoms with Gasteiger partial charge >= 0.3 is 0 Å². The van der Waals surface area contributed by atoms with E-state index in [-0.39, 0.29) is 34.1 Å². The molecule has 10 heteroatoms. The number of hydrogen-bond donors (Lipinski definition) is 2. The monoisotopic (exact) mass is 657 g/mol. The van der Waals surface area contributed by atoms with Crippen LogP contribution in [0.15, 0.2) is 97.1 Å². The Morgan fingerprint density at radius 2 is 0.571 bits per heavy atom. The zero-order chi connectivity index (χ0) is 26.2. The Balaban J connectivity index is 0.00000144. The second-order valence-electron chi connectivity index (χ2n) is 9.79. The molecule has 0 saturated heterocycles. The zero-order valence-corrected chi connectivity index (χ0v) is 24.3. The molecule has 5 heterocycles. The summed E-state index contributed by atoms with van der Waals surface area (Å²) in [4.78, 5) is 36.8. The van der Waals surface area contributed by atoms with Crippen molar-refractivity contribution in [1.29, 1.82) is 0 Å². The smallest absolute Gasteiger partial charge is 0.164 e. The van der Waals surface area contributed by atoms with Crippen molar-refractivity contribution in [2.45, 2.75) is 0 Å². The van der Waals surface area contributed by atoms with E-state index in [1.165, 1.54) is 0 Å². The van der Waals surface area contributed by atoms with Crippen LogP contribution in [0.5, 0.6) is 0 Å². The van der Waals surface area contributed by atoms with Gasteiger partial charge < -0.3 is 9.97 Å². The maximum Gasteiger partial charge on any atom is 0.164 e. The van der Waals surface area contributed by atoms with E-state index in [1.54, 1.807) is 0 Å². The van der Waals surface area contributed by atoms with Gasteiger partial charge in [-0.2, -0.15) is 0 Å². The third-order valence-electron chi connectivity index (χ3n) is 7.46. The van der Waals surface area contributed by atoms with Crippen LogP contribution in [0.1, 0.15) is 0 Å². The maximum atomic E-state index is 5.02. The van der Waals surface area contributed by atoms with Gasteiger partial charge in [-0.3, -0.25) is 0 Å². The van der Waals surface area contributed by atoms with Crippen LogP contribution >= 0.6 is 17.0 Å².